The molecule has 0 atom stereocenters. The number of aromatic hydroxyl groups is 1. The molecule has 0 bridgehead atoms. The Labute approximate surface area is 135 Å². The summed E-state index contributed by atoms with van der Waals surface area (Å²) in [4.78, 5) is 15.1. The quantitative estimate of drug-likeness (QED) is 0.606. The number of fused-ring (bicyclic) bond motifs is 3. The van der Waals surface area contributed by atoms with Crippen molar-refractivity contribution in [3.8, 4) is 16.3 Å². The van der Waals surface area contributed by atoms with Crippen molar-refractivity contribution in [2.45, 2.75) is 25.7 Å². The first kappa shape index (κ1) is 13.8. The van der Waals surface area contributed by atoms with Crippen molar-refractivity contribution in [2.24, 2.45) is 5.18 Å². The van der Waals surface area contributed by atoms with Crippen LogP contribution in [-0.4, -0.2) is 10.1 Å². The van der Waals surface area contributed by atoms with Gasteiger partial charge in [-0.3, -0.25) is 0 Å². The molecule has 6 heteroatoms. The number of rotatable bonds is 2. The van der Waals surface area contributed by atoms with Gasteiger partial charge in [0.15, 0.2) is 5.69 Å². The predicted molar refractivity (Wildman–Crippen MR) is 90.4 cm³/mol. The van der Waals surface area contributed by atoms with Crippen molar-refractivity contribution < 1.29 is 5.11 Å². The highest BCUT2D eigenvalue weighted by atomic mass is 35.5. The molecule has 22 heavy (non-hydrogen) atoms. The second kappa shape index (κ2) is 5.11. The summed E-state index contributed by atoms with van der Waals surface area (Å²) in [7, 11) is 0. The van der Waals surface area contributed by atoms with Gasteiger partial charge in [0.2, 0.25) is 5.88 Å². The zero-order valence-electron chi connectivity index (χ0n) is 11.6. The fraction of sp³-hybridized carbons (Fsp3) is 0.250. The smallest absolute Gasteiger partial charge is 0.219 e. The maximum atomic E-state index is 11.1. The molecule has 1 aliphatic rings. The van der Waals surface area contributed by atoms with Crippen molar-refractivity contribution in [3.05, 3.63) is 38.6 Å². The SMILES string of the molecule is O=Nc1c(O)[nH]c2c3c(c(-c4ccc(Cl)s4)cc12)CCCC3. The monoisotopic (exact) mass is 332 g/mol. The van der Waals surface area contributed by atoms with Crippen LogP contribution in [0, 0.1) is 4.91 Å². The van der Waals surface area contributed by atoms with Crippen LogP contribution in [0.4, 0.5) is 5.69 Å². The van der Waals surface area contributed by atoms with Crippen LogP contribution >= 0.6 is 22.9 Å². The van der Waals surface area contributed by atoms with E-state index in [0.717, 1.165) is 46.0 Å². The summed E-state index contributed by atoms with van der Waals surface area (Å²) in [6.07, 6.45) is 4.20. The number of benzene rings is 1. The van der Waals surface area contributed by atoms with E-state index in [0.29, 0.717) is 5.39 Å². The number of aromatic nitrogens is 1. The number of aryl methyl sites for hydroxylation is 1. The average molecular weight is 333 g/mol. The normalized spacial score (nSPS) is 14.2. The molecule has 2 N–H and O–H groups in total. The first-order chi connectivity index (χ1) is 10.7. The number of hydrogen-bond acceptors (Lipinski definition) is 4. The van der Waals surface area contributed by atoms with Crippen molar-refractivity contribution >= 4 is 39.5 Å². The molecule has 1 aromatic carbocycles. The van der Waals surface area contributed by atoms with E-state index in [4.69, 9.17) is 11.6 Å². The molecule has 0 fully saturated rings. The molecule has 3 aromatic rings. The van der Waals surface area contributed by atoms with E-state index in [1.165, 1.54) is 22.5 Å². The second-order valence-electron chi connectivity index (χ2n) is 5.53. The molecule has 0 saturated heterocycles. The summed E-state index contributed by atoms with van der Waals surface area (Å²) in [5, 5.41) is 13.6. The van der Waals surface area contributed by atoms with Crippen LogP contribution in [0.2, 0.25) is 4.34 Å². The molecule has 0 saturated carbocycles. The van der Waals surface area contributed by atoms with Gasteiger partial charge in [-0.05, 0) is 65.7 Å². The Bertz CT molecular complexity index is 897. The van der Waals surface area contributed by atoms with E-state index in [1.807, 2.05) is 18.2 Å². The molecule has 0 amide bonds. The topological polar surface area (TPSA) is 65.4 Å². The van der Waals surface area contributed by atoms with Crippen LogP contribution in [0.1, 0.15) is 24.0 Å². The molecule has 4 nitrogen and oxygen atoms in total. The highest BCUT2D eigenvalue weighted by molar-refractivity contribution is 7.19. The van der Waals surface area contributed by atoms with Crippen LogP contribution in [0.15, 0.2) is 23.4 Å². The highest BCUT2D eigenvalue weighted by Crippen LogP contribution is 2.45. The van der Waals surface area contributed by atoms with E-state index in [-0.39, 0.29) is 11.6 Å². The lowest BCUT2D eigenvalue weighted by Crippen LogP contribution is -2.05. The van der Waals surface area contributed by atoms with Crippen LogP contribution < -0.4 is 0 Å². The molecule has 2 aromatic heterocycles. The molecule has 2 heterocycles. The van der Waals surface area contributed by atoms with Gasteiger partial charge < -0.3 is 10.1 Å². The standard InChI is InChI=1S/C16H13ClN2O2S/c17-13-6-5-12(22-13)10-7-11-14(18-16(20)15(11)19-21)9-4-2-1-3-8(9)10/h5-7,18,20H,1-4H2. The van der Waals surface area contributed by atoms with Crippen LogP contribution in [0.5, 0.6) is 5.88 Å². The Kier molecular flexibility index (Phi) is 3.20. The van der Waals surface area contributed by atoms with Crippen LogP contribution in [0.3, 0.4) is 0 Å². The minimum atomic E-state index is -0.154. The summed E-state index contributed by atoms with van der Waals surface area (Å²) >= 11 is 7.60. The Morgan fingerprint density at radius 2 is 2.00 bits per heavy atom. The van der Waals surface area contributed by atoms with Crippen molar-refractivity contribution in [1.82, 2.24) is 4.98 Å². The molecular formula is C16H13ClN2O2S. The maximum absolute atomic E-state index is 11.1. The van der Waals surface area contributed by atoms with E-state index in [9.17, 15) is 10.0 Å². The molecule has 112 valence electrons. The van der Waals surface area contributed by atoms with Crippen molar-refractivity contribution in [2.75, 3.05) is 0 Å². The molecule has 0 unspecified atom stereocenters. The summed E-state index contributed by atoms with van der Waals surface area (Å²) in [6.45, 7) is 0. The van der Waals surface area contributed by atoms with Gasteiger partial charge >= 0.3 is 0 Å². The number of thiophene rings is 1. The molecule has 0 radical (unpaired) electrons. The van der Waals surface area contributed by atoms with E-state index in [2.05, 4.69) is 10.2 Å². The van der Waals surface area contributed by atoms with Gasteiger partial charge in [-0.15, -0.1) is 16.2 Å². The third-order valence-electron chi connectivity index (χ3n) is 4.31. The Morgan fingerprint density at radius 3 is 2.68 bits per heavy atom. The zero-order valence-corrected chi connectivity index (χ0v) is 13.2. The predicted octanol–water partition coefficient (Wildman–Crippen LogP) is 5.53. The first-order valence-corrected chi connectivity index (χ1v) is 8.37. The number of nitrogens with one attached hydrogen (secondary N) is 1. The Hall–Kier alpha value is -1.85. The second-order valence-corrected chi connectivity index (χ2v) is 7.24. The number of H-pyrrole nitrogens is 1. The zero-order chi connectivity index (χ0) is 15.3. The lowest BCUT2D eigenvalue weighted by atomic mass is 9.86. The van der Waals surface area contributed by atoms with Gasteiger partial charge in [-0.1, -0.05) is 11.6 Å². The Morgan fingerprint density at radius 1 is 1.23 bits per heavy atom. The minimum absolute atomic E-state index is 0.0901. The fourth-order valence-electron chi connectivity index (χ4n) is 3.35. The van der Waals surface area contributed by atoms with Crippen LogP contribution in [-0.2, 0) is 12.8 Å². The first-order valence-electron chi connectivity index (χ1n) is 7.17. The number of nitrogens with zero attached hydrogens (tertiary/aromatic N) is 1. The van der Waals surface area contributed by atoms with Gasteiger partial charge in [0.1, 0.15) is 0 Å². The number of hydrogen-bond donors (Lipinski definition) is 2. The number of aromatic amines is 1. The van der Waals surface area contributed by atoms with Gasteiger partial charge in [-0.25, -0.2) is 0 Å². The Balaban J connectivity index is 2.09. The van der Waals surface area contributed by atoms with Gasteiger partial charge in [0.25, 0.3) is 0 Å². The lowest BCUT2D eigenvalue weighted by molar-refractivity contribution is 0.460. The van der Waals surface area contributed by atoms with Gasteiger partial charge in [0.05, 0.1) is 9.85 Å². The van der Waals surface area contributed by atoms with Crippen LogP contribution in [0.25, 0.3) is 21.3 Å². The summed E-state index contributed by atoms with van der Waals surface area (Å²) in [5.41, 5.74) is 4.51. The summed E-state index contributed by atoms with van der Waals surface area (Å²) in [5.74, 6) is -0.154. The largest absolute Gasteiger partial charge is 0.493 e. The third-order valence-corrected chi connectivity index (χ3v) is 5.57. The highest BCUT2D eigenvalue weighted by Gasteiger charge is 2.23. The van der Waals surface area contributed by atoms with E-state index < -0.39 is 0 Å². The molecule has 4 rings (SSSR count). The van der Waals surface area contributed by atoms with Gasteiger partial charge in [0, 0.05) is 10.3 Å². The summed E-state index contributed by atoms with van der Waals surface area (Å²) < 4.78 is 0.741. The van der Waals surface area contributed by atoms with Crippen molar-refractivity contribution in [1.29, 1.82) is 0 Å². The number of nitroso groups, excluding NO2 is 1. The maximum Gasteiger partial charge on any atom is 0.219 e. The summed E-state index contributed by atoms with van der Waals surface area (Å²) in [6, 6.07) is 5.84. The number of halogens is 1. The molecular weight excluding hydrogens is 320 g/mol. The van der Waals surface area contributed by atoms with E-state index >= 15 is 0 Å². The molecule has 1 aliphatic carbocycles. The lowest BCUT2D eigenvalue weighted by Gasteiger charge is -2.20. The fourth-order valence-corrected chi connectivity index (χ4v) is 4.44. The average Bonchev–Trinajstić information content (AvgIpc) is 3.09. The third kappa shape index (κ3) is 1.96. The van der Waals surface area contributed by atoms with Crippen molar-refractivity contribution in [3.63, 3.8) is 0 Å². The van der Waals surface area contributed by atoms with E-state index in [1.54, 1.807) is 0 Å². The minimum Gasteiger partial charge on any atom is -0.493 e. The van der Waals surface area contributed by atoms with Gasteiger partial charge in [-0.2, -0.15) is 0 Å². The molecule has 0 spiro atoms. The molecule has 0 aliphatic heterocycles.